The van der Waals surface area contributed by atoms with Gasteiger partial charge in [-0.3, -0.25) is 0 Å². The van der Waals surface area contributed by atoms with Gasteiger partial charge in [0.1, 0.15) is 12.4 Å². The number of ether oxygens (including phenoxy) is 2. The van der Waals surface area contributed by atoms with Crippen LogP contribution in [0.5, 0.6) is 11.5 Å². The second kappa shape index (κ2) is 9.47. The Morgan fingerprint density at radius 3 is 2.46 bits per heavy atom. The van der Waals surface area contributed by atoms with E-state index < -0.39 is 0 Å². The van der Waals surface area contributed by atoms with Gasteiger partial charge >= 0.3 is 0 Å². The summed E-state index contributed by atoms with van der Waals surface area (Å²) in [6.07, 6.45) is 0. The fourth-order valence-electron chi connectivity index (χ4n) is 2.82. The van der Waals surface area contributed by atoms with Crippen LogP contribution in [0.2, 0.25) is 5.02 Å². The molecule has 0 radical (unpaired) electrons. The highest BCUT2D eigenvalue weighted by atomic mass is 35.5. The molecule has 0 fully saturated rings. The van der Waals surface area contributed by atoms with Gasteiger partial charge in [-0.25, -0.2) is 4.39 Å². The minimum absolute atomic E-state index is 0.262. The van der Waals surface area contributed by atoms with E-state index in [1.807, 2.05) is 50.2 Å². The van der Waals surface area contributed by atoms with E-state index in [1.54, 1.807) is 12.1 Å². The average molecular weight is 400 g/mol. The number of hydrogen-bond acceptors (Lipinski definition) is 3. The topological polar surface area (TPSA) is 30.5 Å². The van der Waals surface area contributed by atoms with E-state index in [4.69, 9.17) is 21.1 Å². The van der Waals surface area contributed by atoms with Gasteiger partial charge in [-0.2, -0.15) is 0 Å². The molecule has 0 saturated carbocycles. The zero-order chi connectivity index (χ0) is 19.9. The summed E-state index contributed by atoms with van der Waals surface area (Å²) >= 11 is 6.50. The van der Waals surface area contributed by atoms with E-state index in [0.29, 0.717) is 36.3 Å². The van der Waals surface area contributed by atoms with Crippen LogP contribution in [-0.4, -0.2) is 6.61 Å². The Labute approximate surface area is 170 Å². The molecular formula is C23H23ClFNO2. The summed E-state index contributed by atoms with van der Waals surface area (Å²) in [5.74, 6) is 0.888. The normalized spacial score (nSPS) is 10.6. The Morgan fingerprint density at radius 2 is 1.75 bits per heavy atom. The molecule has 3 rings (SSSR count). The molecule has 0 saturated heterocycles. The maximum absolute atomic E-state index is 13.0. The van der Waals surface area contributed by atoms with Crippen LogP contribution < -0.4 is 14.8 Å². The first kappa shape index (κ1) is 20.0. The first-order valence-electron chi connectivity index (χ1n) is 9.18. The largest absolute Gasteiger partial charge is 0.490 e. The molecule has 0 atom stereocenters. The third kappa shape index (κ3) is 5.17. The summed E-state index contributed by atoms with van der Waals surface area (Å²) in [7, 11) is 0. The molecule has 0 aliphatic heterocycles. The van der Waals surface area contributed by atoms with Crippen LogP contribution >= 0.6 is 11.6 Å². The van der Waals surface area contributed by atoms with Crippen molar-refractivity contribution < 1.29 is 13.9 Å². The molecule has 0 aliphatic carbocycles. The SMILES string of the molecule is CCOc1cc(CNc2ccc(F)cc2)cc(Cl)c1OCc1ccccc1C. The zero-order valence-corrected chi connectivity index (χ0v) is 16.7. The third-order valence-corrected chi connectivity index (χ3v) is 4.62. The van der Waals surface area contributed by atoms with Crippen molar-refractivity contribution in [1.29, 1.82) is 0 Å². The molecule has 0 aliphatic rings. The van der Waals surface area contributed by atoms with Crippen LogP contribution in [0.3, 0.4) is 0 Å². The number of hydrogen-bond donors (Lipinski definition) is 1. The second-order valence-electron chi connectivity index (χ2n) is 6.41. The minimum atomic E-state index is -0.262. The van der Waals surface area contributed by atoms with Crippen molar-refractivity contribution in [3.63, 3.8) is 0 Å². The molecule has 3 aromatic rings. The molecule has 28 heavy (non-hydrogen) atoms. The number of halogens is 2. The smallest absolute Gasteiger partial charge is 0.180 e. The fraction of sp³-hybridized carbons (Fsp3) is 0.217. The molecule has 0 amide bonds. The third-order valence-electron chi connectivity index (χ3n) is 4.34. The molecule has 3 aromatic carbocycles. The Bertz CT molecular complexity index is 928. The number of aryl methyl sites for hydroxylation is 1. The Balaban J connectivity index is 1.75. The molecular weight excluding hydrogens is 377 g/mol. The summed E-state index contributed by atoms with van der Waals surface area (Å²) in [5, 5.41) is 3.74. The van der Waals surface area contributed by atoms with Crippen LogP contribution in [-0.2, 0) is 13.2 Å². The number of anilines is 1. The van der Waals surface area contributed by atoms with Gasteiger partial charge in [0.05, 0.1) is 11.6 Å². The van der Waals surface area contributed by atoms with Gasteiger partial charge in [-0.15, -0.1) is 0 Å². The quantitative estimate of drug-likeness (QED) is 0.477. The lowest BCUT2D eigenvalue weighted by Gasteiger charge is -2.16. The predicted molar refractivity (Wildman–Crippen MR) is 112 cm³/mol. The fourth-order valence-corrected chi connectivity index (χ4v) is 3.11. The minimum Gasteiger partial charge on any atom is -0.490 e. The van der Waals surface area contributed by atoms with Crippen LogP contribution in [0.4, 0.5) is 10.1 Å². The van der Waals surface area contributed by atoms with Crippen molar-refractivity contribution in [3.05, 3.63) is 88.2 Å². The average Bonchev–Trinajstić information content (AvgIpc) is 2.68. The first-order valence-corrected chi connectivity index (χ1v) is 9.56. The molecule has 0 aromatic heterocycles. The lowest BCUT2D eigenvalue weighted by molar-refractivity contribution is 0.269. The molecule has 0 bridgehead atoms. The first-order chi connectivity index (χ1) is 13.6. The lowest BCUT2D eigenvalue weighted by atomic mass is 10.1. The van der Waals surface area contributed by atoms with Crippen LogP contribution in [0.1, 0.15) is 23.6 Å². The van der Waals surface area contributed by atoms with E-state index in [-0.39, 0.29) is 5.82 Å². The van der Waals surface area contributed by atoms with E-state index >= 15 is 0 Å². The molecule has 0 heterocycles. The number of benzene rings is 3. The highest BCUT2D eigenvalue weighted by molar-refractivity contribution is 6.32. The zero-order valence-electron chi connectivity index (χ0n) is 16.0. The van der Waals surface area contributed by atoms with Crippen molar-refractivity contribution in [2.75, 3.05) is 11.9 Å². The molecule has 0 unspecified atom stereocenters. The summed E-state index contributed by atoms with van der Waals surface area (Å²) in [5.41, 5.74) is 4.04. The summed E-state index contributed by atoms with van der Waals surface area (Å²) < 4.78 is 24.8. The van der Waals surface area contributed by atoms with Gasteiger partial charge in [0.15, 0.2) is 11.5 Å². The highest BCUT2D eigenvalue weighted by Gasteiger charge is 2.13. The van der Waals surface area contributed by atoms with Gasteiger partial charge in [0, 0.05) is 12.2 Å². The molecule has 5 heteroatoms. The van der Waals surface area contributed by atoms with Crippen molar-refractivity contribution in [3.8, 4) is 11.5 Å². The maximum atomic E-state index is 13.0. The highest BCUT2D eigenvalue weighted by Crippen LogP contribution is 2.37. The number of nitrogens with one attached hydrogen (secondary N) is 1. The van der Waals surface area contributed by atoms with E-state index in [2.05, 4.69) is 5.32 Å². The van der Waals surface area contributed by atoms with Gasteiger partial charge in [0.2, 0.25) is 0 Å². The standard InChI is InChI=1S/C23H23ClFNO2/c1-3-27-22-13-17(14-26-20-10-8-19(25)9-11-20)12-21(24)23(22)28-15-18-7-5-4-6-16(18)2/h4-13,26H,3,14-15H2,1-2H3. The van der Waals surface area contributed by atoms with Crippen molar-refractivity contribution >= 4 is 17.3 Å². The molecule has 146 valence electrons. The number of rotatable bonds is 8. The Morgan fingerprint density at radius 1 is 1.00 bits per heavy atom. The summed E-state index contributed by atoms with van der Waals surface area (Å²) in [6.45, 7) is 5.42. The van der Waals surface area contributed by atoms with Gasteiger partial charge in [-0.05, 0) is 66.9 Å². The molecule has 3 nitrogen and oxygen atoms in total. The van der Waals surface area contributed by atoms with Gasteiger partial charge in [0.25, 0.3) is 0 Å². The maximum Gasteiger partial charge on any atom is 0.180 e. The monoisotopic (exact) mass is 399 g/mol. The van der Waals surface area contributed by atoms with Crippen molar-refractivity contribution in [1.82, 2.24) is 0 Å². The molecule has 1 N–H and O–H groups in total. The van der Waals surface area contributed by atoms with Crippen LogP contribution in [0, 0.1) is 12.7 Å². The summed E-state index contributed by atoms with van der Waals surface area (Å²) in [6, 6.07) is 18.1. The van der Waals surface area contributed by atoms with E-state index in [1.165, 1.54) is 12.1 Å². The van der Waals surface area contributed by atoms with E-state index in [9.17, 15) is 4.39 Å². The van der Waals surface area contributed by atoms with Gasteiger partial charge < -0.3 is 14.8 Å². The lowest BCUT2D eigenvalue weighted by Crippen LogP contribution is -2.04. The summed E-state index contributed by atoms with van der Waals surface area (Å²) in [4.78, 5) is 0. The molecule has 0 spiro atoms. The van der Waals surface area contributed by atoms with Gasteiger partial charge in [-0.1, -0.05) is 35.9 Å². The Hall–Kier alpha value is -2.72. The van der Waals surface area contributed by atoms with Crippen LogP contribution in [0.15, 0.2) is 60.7 Å². The predicted octanol–water partition coefficient (Wildman–Crippen LogP) is 6.38. The van der Waals surface area contributed by atoms with E-state index in [0.717, 1.165) is 22.4 Å². The van der Waals surface area contributed by atoms with Crippen LogP contribution in [0.25, 0.3) is 0 Å². The second-order valence-corrected chi connectivity index (χ2v) is 6.82. The Kier molecular flexibility index (Phi) is 6.77. The van der Waals surface area contributed by atoms with Crippen molar-refractivity contribution in [2.24, 2.45) is 0 Å². The van der Waals surface area contributed by atoms with Crippen molar-refractivity contribution in [2.45, 2.75) is 27.0 Å².